The van der Waals surface area contributed by atoms with Crippen molar-refractivity contribution >= 4 is 17.7 Å². The molecule has 2 saturated heterocycles. The van der Waals surface area contributed by atoms with Crippen LogP contribution in [0.1, 0.15) is 62.8 Å². The molecule has 1 aromatic heterocycles. The summed E-state index contributed by atoms with van der Waals surface area (Å²) in [4.78, 5) is 16.4. The molecule has 0 spiro atoms. The highest BCUT2D eigenvalue weighted by Crippen LogP contribution is 2.30. The van der Waals surface area contributed by atoms with Crippen LogP contribution in [0.5, 0.6) is 5.75 Å². The topological polar surface area (TPSA) is 70.7 Å². The van der Waals surface area contributed by atoms with Crippen LogP contribution in [0.25, 0.3) is 11.6 Å². The van der Waals surface area contributed by atoms with E-state index in [1.807, 2.05) is 11.0 Å². The molecule has 1 amide bonds. The fraction of sp³-hybridized carbons (Fsp3) is 0.412. The van der Waals surface area contributed by atoms with Gasteiger partial charge in [0.15, 0.2) is 0 Å². The summed E-state index contributed by atoms with van der Waals surface area (Å²) in [5.74, 6) is 1.80. The third-order valence-corrected chi connectivity index (χ3v) is 8.63. The Bertz CT molecular complexity index is 1420. The van der Waals surface area contributed by atoms with Crippen LogP contribution in [0, 0.1) is 0 Å². The molecule has 0 radical (unpaired) electrons. The van der Waals surface area contributed by atoms with Crippen molar-refractivity contribution in [3.05, 3.63) is 94.1 Å². The molecule has 6 rings (SSSR count). The maximum absolute atomic E-state index is 12.0. The Morgan fingerprint density at radius 1 is 1.05 bits per heavy atom. The number of nitrogens with one attached hydrogen (secondary N) is 1. The number of carbonyl (C=O) groups excluding carboxylic acids is 1. The van der Waals surface area contributed by atoms with Gasteiger partial charge in [0, 0.05) is 31.9 Å². The summed E-state index contributed by atoms with van der Waals surface area (Å²) in [5, 5.41) is 7.17. The van der Waals surface area contributed by atoms with E-state index in [0.29, 0.717) is 12.6 Å². The number of nitrogens with zero attached hydrogens (tertiary/aromatic N) is 3. The molecule has 4 aliphatic rings. The van der Waals surface area contributed by atoms with Gasteiger partial charge < -0.3 is 14.4 Å². The minimum atomic E-state index is -0.141. The summed E-state index contributed by atoms with van der Waals surface area (Å²) in [6, 6.07) is 8.84. The van der Waals surface area contributed by atoms with Gasteiger partial charge in [-0.2, -0.15) is 5.10 Å². The number of likely N-dealkylation sites (tertiary alicyclic amines) is 1. The maximum Gasteiger partial charge on any atom is 0.410 e. The van der Waals surface area contributed by atoms with Crippen molar-refractivity contribution in [2.45, 2.75) is 58.4 Å². The van der Waals surface area contributed by atoms with E-state index >= 15 is 0 Å². The van der Waals surface area contributed by atoms with E-state index in [-0.39, 0.29) is 6.09 Å². The third-order valence-electron chi connectivity index (χ3n) is 8.63. The molecule has 2 aromatic rings. The molecule has 214 valence electrons. The van der Waals surface area contributed by atoms with Crippen molar-refractivity contribution in [3.63, 3.8) is 0 Å². The fourth-order valence-corrected chi connectivity index (χ4v) is 6.25. The van der Waals surface area contributed by atoms with Crippen molar-refractivity contribution in [1.82, 2.24) is 20.0 Å². The zero-order chi connectivity index (χ0) is 28.2. The summed E-state index contributed by atoms with van der Waals surface area (Å²) in [6.07, 6.45) is 18.8. The quantitative estimate of drug-likeness (QED) is 0.432. The van der Waals surface area contributed by atoms with E-state index in [0.717, 1.165) is 87.5 Å². The van der Waals surface area contributed by atoms with Crippen LogP contribution in [0.2, 0.25) is 0 Å². The van der Waals surface area contributed by atoms with Gasteiger partial charge in [0.1, 0.15) is 18.1 Å². The molecule has 0 atom stereocenters. The molecule has 1 N–H and O–H groups in total. The van der Waals surface area contributed by atoms with E-state index in [9.17, 15) is 4.79 Å². The van der Waals surface area contributed by atoms with Gasteiger partial charge in [0.2, 0.25) is 0 Å². The van der Waals surface area contributed by atoms with E-state index in [2.05, 4.69) is 77.5 Å². The molecule has 0 saturated carbocycles. The second kappa shape index (κ2) is 12.4. The summed E-state index contributed by atoms with van der Waals surface area (Å²) >= 11 is 0. The monoisotopic (exact) mass is 552 g/mol. The van der Waals surface area contributed by atoms with Gasteiger partial charge in [-0.15, -0.1) is 0 Å². The SMILES string of the molecule is CC1=CC(CN2CCC(N3CCOC3=O)CC2)=Cc2ccc(OC3=C(C)CCC=C(c4ccn[nH]4)C=C3)cc2CC1. The largest absolute Gasteiger partial charge is 0.457 e. The minimum absolute atomic E-state index is 0.141. The van der Waals surface area contributed by atoms with Crippen LogP contribution >= 0.6 is 0 Å². The summed E-state index contributed by atoms with van der Waals surface area (Å²) in [7, 11) is 0. The van der Waals surface area contributed by atoms with E-state index in [4.69, 9.17) is 9.47 Å². The third kappa shape index (κ3) is 6.57. The molecule has 3 heterocycles. The highest BCUT2D eigenvalue weighted by Gasteiger charge is 2.32. The van der Waals surface area contributed by atoms with Crippen LogP contribution in [-0.4, -0.2) is 64.9 Å². The molecule has 1 aromatic carbocycles. The molecule has 7 heteroatoms. The summed E-state index contributed by atoms with van der Waals surface area (Å²) in [5.41, 5.74) is 8.75. The number of hydrogen-bond donors (Lipinski definition) is 1. The number of rotatable bonds is 6. The van der Waals surface area contributed by atoms with Gasteiger partial charge in [-0.05, 0) is 111 Å². The van der Waals surface area contributed by atoms with E-state index in [1.165, 1.54) is 27.8 Å². The normalized spacial score (nSPS) is 20.8. The average Bonchev–Trinajstić information content (AvgIpc) is 3.64. The van der Waals surface area contributed by atoms with E-state index < -0.39 is 0 Å². The number of aromatic amines is 1. The molecular formula is C34H40N4O3. The number of amides is 1. The maximum atomic E-state index is 12.0. The lowest BCUT2D eigenvalue weighted by atomic mass is 9.93. The van der Waals surface area contributed by atoms with Gasteiger partial charge in [0.05, 0.1) is 12.2 Å². The second-order valence-corrected chi connectivity index (χ2v) is 11.6. The number of aryl methyl sites for hydroxylation is 1. The number of carbonyl (C=O) groups is 1. The number of piperidine rings is 1. The number of allylic oxidation sites excluding steroid dienone is 6. The van der Waals surface area contributed by atoms with Crippen molar-refractivity contribution < 1.29 is 14.3 Å². The minimum Gasteiger partial charge on any atom is -0.457 e. The molecule has 2 fully saturated rings. The first-order valence-corrected chi connectivity index (χ1v) is 14.9. The molecule has 7 nitrogen and oxygen atoms in total. The highest BCUT2D eigenvalue weighted by atomic mass is 16.6. The lowest BCUT2D eigenvalue weighted by Crippen LogP contribution is -2.45. The van der Waals surface area contributed by atoms with Gasteiger partial charge in [-0.1, -0.05) is 29.9 Å². The van der Waals surface area contributed by atoms with Crippen LogP contribution in [0.4, 0.5) is 4.79 Å². The number of benzene rings is 1. The Kier molecular flexibility index (Phi) is 8.23. The molecular weight excluding hydrogens is 512 g/mol. The fourth-order valence-electron chi connectivity index (χ4n) is 6.25. The average molecular weight is 553 g/mol. The zero-order valence-electron chi connectivity index (χ0n) is 24.2. The van der Waals surface area contributed by atoms with Gasteiger partial charge in [-0.3, -0.25) is 10.00 Å². The number of cyclic esters (lactones) is 1. The van der Waals surface area contributed by atoms with Gasteiger partial charge in [-0.25, -0.2) is 4.79 Å². The van der Waals surface area contributed by atoms with Crippen molar-refractivity contribution in [3.8, 4) is 5.75 Å². The Labute approximate surface area is 242 Å². The van der Waals surface area contributed by atoms with Crippen LogP contribution < -0.4 is 4.74 Å². The Hall–Kier alpha value is -3.84. The first-order valence-electron chi connectivity index (χ1n) is 14.9. The lowest BCUT2D eigenvalue weighted by Gasteiger charge is -2.35. The van der Waals surface area contributed by atoms with Crippen molar-refractivity contribution in [1.29, 1.82) is 0 Å². The van der Waals surface area contributed by atoms with Crippen LogP contribution in [0.15, 0.2) is 77.2 Å². The lowest BCUT2D eigenvalue weighted by molar-refractivity contribution is 0.121. The predicted octanol–water partition coefficient (Wildman–Crippen LogP) is 6.69. The summed E-state index contributed by atoms with van der Waals surface area (Å²) < 4.78 is 11.7. The molecule has 41 heavy (non-hydrogen) atoms. The molecule has 0 unspecified atom stereocenters. The van der Waals surface area contributed by atoms with E-state index in [1.54, 1.807) is 6.20 Å². The van der Waals surface area contributed by atoms with Crippen molar-refractivity contribution in [2.24, 2.45) is 0 Å². The smallest absolute Gasteiger partial charge is 0.410 e. The number of aromatic nitrogens is 2. The van der Waals surface area contributed by atoms with Gasteiger partial charge >= 0.3 is 6.09 Å². The highest BCUT2D eigenvalue weighted by molar-refractivity contribution is 5.72. The molecule has 0 bridgehead atoms. The summed E-state index contributed by atoms with van der Waals surface area (Å²) in [6.45, 7) is 8.58. The Balaban J connectivity index is 1.15. The van der Waals surface area contributed by atoms with Crippen LogP contribution in [0.3, 0.4) is 0 Å². The first-order chi connectivity index (χ1) is 20.0. The first kappa shape index (κ1) is 27.3. The standard InChI is InChI=1S/C34H40N4O3/c1-24-6-7-29-22-31(41-33-11-9-27(5-3-4-25(33)2)32-12-15-35-36-32)10-8-28(29)21-26(20-24)23-37-16-13-30(14-17-37)38-18-19-40-34(38)39/h5,8-12,15,20-22,30H,3-4,6-7,13-14,16-19,23H2,1-2H3,(H,35,36). The number of fused-ring (bicyclic) bond motifs is 1. The number of ether oxygens (including phenoxy) is 2. The van der Waals surface area contributed by atoms with Crippen LogP contribution in [-0.2, 0) is 11.2 Å². The Morgan fingerprint density at radius 2 is 1.93 bits per heavy atom. The number of H-pyrrole nitrogens is 1. The Morgan fingerprint density at radius 3 is 2.71 bits per heavy atom. The van der Waals surface area contributed by atoms with Gasteiger partial charge in [0.25, 0.3) is 0 Å². The zero-order valence-corrected chi connectivity index (χ0v) is 24.2. The second-order valence-electron chi connectivity index (χ2n) is 11.6. The number of hydrogen-bond acceptors (Lipinski definition) is 5. The molecule has 2 aliphatic carbocycles. The predicted molar refractivity (Wildman–Crippen MR) is 162 cm³/mol. The molecule has 2 aliphatic heterocycles. The van der Waals surface area contributed by atoms with Crippen molar-refractivity contribution in [2.75, 3.05) is 32.8 Å².